The van der Waals surface area contributed by atoms with Crippen LogP contribution in [0.2, 0.25) is 10.0 Å². The number of amides is 2. The van der Waals surface area contributed by atoms with Gasteiger partial charge in [-0.2, -0.15) is 13.2 Å². The van der Waals surface area contributed by atoms with Gasteiger partial charge in [0.15, 0.2) is 0 Å². The van der Waals surface area contributed by atoms with Crippen LogP contribution in [0.15, 0.2) is 24.3 Å². The first-order chi connectivity index (χ1) is 22.0. The van der Waals surface area contributed by atoms with E-state index in [-0.39, 0.29) is 43.9 Å². The highest BCUT2D eigenvalue weighted by Crippen LogP contribution is 2.34. The van der Waals surface area contributed by atoms with Crippen molar-refractivity contribution in [2.45, 2.75) is 84.6 Å². The van der Waals surface area contributed by atoms with Crippen LogP contribution < -0.4 is 20.9 Å². The molecule has 0 radical (unpaired) electrons. The lowest BCUT2D eigenvalue weighted by Gasteiger charge is -2.37. The standard InChI is InChI=1S/C34H43Cl2F3N6O2/c1-19-6-9-21(10-7-19)42-31(46)23-14-25-27(16-26(23)45-13-12-40-28(18-45)34(37,38)39)44(5)29(43-25)15-22-24(35)11-8-20(30(22)36)17-41-32(47)33(2,3)4/h8,11,14,16,19,21,28,40H,6-7,9-10,12-13,15,17-18H2,1-5H3,(H,41,47)(H,42,46). The number of aromatic nitrogens is 2. The third kappa shape index (κ3) is 8.00. The number of imidazole rings is 1. The molecule has 2 fully saturated rings. The number of rotatable bonds is 7. The number of anilines is 1. The Balaban J connectivity index is 1.49. The maximum absolute atomic E-state index is 13.8. The van der Waals surface area contributed by atoms with Crippen molar-refractivity contribution in [2.24, 2.45) is 18.4 Å². The largest absolute Gasteiger partial charge is 0.405 e. The summed E-state index contributed by atoms with van der Waals surface area (Å²) in [5.41, 5.74) is 2.73. The summed E-state index contributed by atoms with van der Waals surface area (Å²) in [6, 6.07) is 5.26. The van der Waals surface area contributed by atoms with Crippen molar-refractivity contribution in [1.82, 2.24) is 25.5 Å². The summed E-state index contributed by atoms with van der Waals surface area (Å²) in [5, 5.41) is 9.48. The van der Waals surface area contributed by atoms with Gasteiger partial charge in [-0.1, -0.05) is 57.0 Å². The van der Waals surface area contributed by atoms with Gasteiger partial charge in [-0.3, -0.25) is 9.59 Å². The summed E-state index contributed by atoms with van der Waals surface area (Å²) in [6.07, 6.45) is -0.413. The van der Waals surface area contributed by atoms with Crippen molar-refractivity contribution in [2.75, 3.05) is 24.5 Å². The molecule has 2 amide bonds. The average Bonchev–Trinajstić information content (AvgIpc) is 3.32. The van der Waals surface area contributed by atoms with Crippen LogP contribution in [0.4, 0.5) is 18.9 Å². The second-order valence-electron chi connectivity index (χ2n) is 14.0. The Morgan fingerprint density at radius 3 is 2.45 bits per heavy atom. The van der Waals surface area contributed by atoms with Crippen molar-refractivity contribution in [3.63, 3.8) is 0 Å². The number of nitrogens with zero attached hydrogens (tertiary/aromatic N) is 3. The SMILES string of the molecule is CC1CCC(NC(=O)c2cc3nc(Cc4c(Cl)ccc(CNC(=O)C(C)(C)C)c4Cl)n(C)c3cc2N2CCNC(C(F)(F)F)C2)CC1. The predicted octanol–water partition coefficient (Wildman–Crippen LogP) is 6.78. The molecular weight excluding hydrogens is 652 g/mol. The number of fused-ring (bicyclic) bond motifs is 1. The first kappa shape index (κ1) is 35.3. The normalized spacial score (nSPS) is 20.8. The maximum atomic E-state index is 13.8. The third-order valence-electron chi connectivity index (χ3n) is 9.32. The monoisotopic (exact) mass is 694 g/mol. The maximum Gasteiger partial charge on any atom is 0.405 e. The van der Waals surface area contributed by atoms with E-state index >= 15 is 0 Å². The molecule has 1 saturated carbocycles. The van der Waals surface area contributed by atoms with Crippen molar-refractivity contribution in [1.29, 1.82) is 0 Å². The smallest absolute Gasteiger partial charge is 0.368 e. The van der Waals surface area contributed by atoms with Crippen molar-refractivity contribution in [3.05, 3.63) is 56.8 Å². The Hall–Kier alpha value is -3.02. The van der Waals surface area contributed by atoms with Crippen LogP contribution in [0, 0.1) is 11.3 Å². The van der Waals surface area contributed by atoms with Crippen LogP contribution in [0.1, 0.15) is 80.7 Å². The molecule has 0 bridgehead atoms. The highest BCUT2D eigenvalue weighted by atomic mass is 35.5. The Labute approximate surface area is 283 Å². The number of halogens is 5. The predicted molar refractivity (Wildman–Crippen MR) is 180 cm³/mol. The van der Waals surface area contributed by atoms with E-state index in [1.807, 2.05) is 32.4 Å². The number of alkyl halides is 3. The number of benzene rings is 2. The Morgan fingerprint density at radius 2 is 1.79 bits per heavy atom. The molecule has 1 saturated heterocycles. The fourth-order valence-electron chi connectivity index (χ4n) is 6.28. The van der Waals surface area contributed by atoms with Gasteiger partial charge in [-0.15, -0.1) is 0 Å². The van der Waals surface area contributed by atoms with Crippen LogP contribution >= 0.6 is 23.2 Å². The minimum atomic E-state index is -4.42. The summed E-state index contributed by atoms with van der Waals surface area (Å²) in [5.74, 6) is 0.789. The van der Waals surface area contributed by atoms with Crippen LogP contribution in [-0.2, 0) is 24.8 Å². The van der Waals surface area contributed by atoms with E-state index in [1.54, 1.807) is 29.2 Å². The van der Waals surface area contributed by atoms with Gasteiger partial charge in [0, 0.05) is 56.1 Å². The fraction of sp³-hybridized carbons (Fsp3) is 0.559. The zero-order chi connectivity index (χ0) is 34.3. The number of nitrogens with one attached hydrogen (secondary N) is 3. The van der Waals surface area contributed by atoms with E-state index in [2.05, 4.69) is 22.9 Å². The second kappa shape index (κ2) is 13.8. The van der Waals surface area contributed by atoms with Gasteiger partial charge in [0.2, 0.25) is 5.91 Å². The molecular formula is C34H43Cl2F3N6O2. The first-order valence-corrected chi connectivity index (χ1v) is 16.9. The first-order valence-electron chi connectivity index (χ1n) is 16.1. The van der Waals surface area contributed by atoms with E-state index in [0.717, 1.165) is 25.7 Å². The van der Waals surface area contributed by atoms with E-state index in [1.165, 1.54) is 0 Å². The molecule has 13 heteroatoms. The molecule has 256 valence electrons. The number of hydrogen-bond donors (Lipinski definition) is 3. The average molecular weight is 696 g/mol. The van der Waals surface area contributed by atoms with Crippen LogP contribution in [0.5, 0.6) is 0 Å². The van der Waals surface area contributed by atoms with E-state index < -0.39 is 17.6 Å². The molecule has 47 heavy (non-hydrogen) atoms. The number of hydrogen-bond acceptors (Lipinski definition) is 5. The molecule has 1 aromatic heterocycles. The summed E-state index contributed by atoms with van der Waals surface area (Å²) in [6.45, 7) is 8.05. The molecule has 1 atom stereocenters. The molecule has 8 nitrogen and oxygen atoms in total. The van der Waals surface area contributed by atoms with Crippen LogP contribution in [0.3, 0.4) is 0 Å². The molecule has 2 aromatic carbocycles. The molecule has 2 aliphatic rings. The third-order valence-corrected chi connectivity index (χ3v) is 10.1. The summed E-state index contributed by atoms with van der Waals surface area (Å²) in [4.78, 5) is 32.7. The number of carbonyl (C=O) groups is 2. The van der Waals surface area contributed by atoms with Gasteiger partial charge in [0.25, 0.3) is 5.91 Å². The lowest BCUT2D eigenvalue weighted by Crippen LogP contribution is -2.57. The Morgan fingerprint density at radius 1 is 1.09 bits per heavy atom. The number of carbonyl (C=O) groups excluding carboxylic acids is 2. The van der Waals surface area contributed by atoms with E-state index in [9.17, 15) is 22.8 Å². The van der Waals surface area contributed by atoms with Crippen LogP contribution in [0.25, 0.3) is 11.0 Å². The highest BCUT2D eigenvalue weighted by Gasteiger charge is 2.42. The second-order valence-corrected chi connectivity index (χ2v) is 14.8. The minimum absolute atomic E-state index is 0.0113. The topological polar surface area (TPSA) is 91.3 Å². The highest BCUT2D eigenvalue weighted by molar-refractivity contribution is 6.36. The number of aryl methyl sites for hydroxylation is 1. The Kier molecular flexibility index (Phi) is 10.4. The zero-order valence-electron chi connectivity index (χ0n) is 27.5. The Bertz CT molecular complexity index is 1640. The van der Waals surface area contributed by atoms with Gasteiger partial charge < -0.3 is 25.4 Å². The summed E-state index contributed by atoms with van der Waals surface area (Å²) in [7, 11) is 1.82. The van der Waals surface area contributed by atoms with Crippen molar-refractivity contribution >= 4 is 51.7 Å². The van der Waals surface area contributed by atoms with Gasteiger partial charge >= 0.3 is 6.18 Å². The number of piperazine rings is 1. The van der Waals surface area contributed by atoms with Crippen molar-refractivity contribution < 1.29 is 22.8 Å². The molecule has 1 aliphatic carbocycles. The molecule has 2 heterocycles. The zero-order valence-corrected chi connectivity index (χ0v) is 29.0. The van der Waals surface area contributed by atoms with Gasteiger partial charge in [0.1, 0.15) is 11.9 Å². The molecule has 3 N–H and O–H groups in total. The lowest BCUT2D eigenvalue weighted by atomic mass is 9.87. The van der Waals surface area contributed by atoms with Gasteiger partial charge in [0.05, 0.1) is 27.3 Å². The quantitative estimate of drug-likeness (QED) is 0.254. The molecule has 5 rings (SSSR count). The fourth-order valence-corrected chi connectivity index (χ4v) is 6.85. The summed E-state index contributed by atoms with van der Waals surface area (Å²) >= 11 is 13.4. The molecule has 0 spiro atoms. The summed E-state index contributed by atoms with van der Waals surface area (Å²) < 4.78 is 43.2. The lowest BCUT2D eigenvalue weighted by molar-refractivity contribution is -0.155. The van der Waals surface area contributed by atoms with Gasteiger partial charge in [-0.05, 0) is 60.9 Å². The van der Waals surface area contributed by atoms with Crippen LogP contribution in [-0.4, -0.2) is 59.3 Å². The molecule has 3 aromatic rings. The van der Waals surface area contributed by atoms with Crippen molar-refractivity contribution in [3.8, 4) is 0 Å². The minimum Gasteiger partial charge on any atom is -0.368 e. The van der Waals surface area contributed by atoms with Gasteiger partial charge in [-0.25, -0.2) is 4.98 Å². The van der Waals surface area contributed by atoms with E-state index in [4.69, 9.17) is 28.2 Å². The molecule has 1 unspecified atom stereocenters. The van der Waals surface area contributed by atoms with E-state index in [0.29, 0.717) is 61.7 Å². The molecule has 1 aliphatic heterocycles.